The summed E-state index contributed by atoms with van der Waals surface area (Å²) in [7, 11) is -3.47. The van der Waals surface area contributed by atoms with Crippen LogP contribution in [-0.2, 0) is 9.84 Å². The Morgan fingerprint density at radius 3 is 1.87 bits per heavy atom. The summed E-state index contributed by atoms with van der Waals surface area (Å²) < 4.78 is 23.4. The van der Waals surface area contributed by atoms with Gasteiger partial charge in [0.05, 0.1) is 15.5 Å². The molecule has 3 amide bonds. The molecule has 3 N–H and O–H groups in total. The van der Waals surface area contributed by atoms with Gasteiger partial charge in [-0.3, -0.25) is 4.79 Å². The molecule has 0 spiro atoms. The van der Waals surface area contributed by atoms with Crippen LogP contribution in [0.1, 0.15) is 10.4 Å². The summed E-state index contributed by atoms with van der Waals surface area (Å²) in [6.45, 7) is 0. The zero-order valence-corrected chi connectivity index (χ0v) is 17.4. The summed E-state index contributed by atoms with van der Waals surface area (Å²) in [5.41, 5.74) is 1.68. The zero-order valence-electron chi connectivity index (χ0n) is 15.8. The van der Waals surface area contributed by atoms with Crippen molar-refractivity contribution in [2.75, 3.05) is 22.2 Å². The van der Waals surface area contributed by atoms with Gasteiger partial charge in [-0.05, 0) is 54.6 Å². The molecular formula is C21H18ClN3O4S. The van der Waals surface area contributed by atoms with Crippen molar-refractivity contribution in [3.63, 3.8) is 0 Å². The molecule has 3 rings (SSSR count). The van der Waals surface area contributed by atoms with Crippen molar-refractivity contribution >= 4 is 50.4 Å². The predicted molar refractivity (Wildman–Crippen MR) is 118 cm³/mol. The van der Waals surface area contributed by atoms with Gasteiger partial charge in [-0.25, -0.2) is 13.2 Å². The van der Waals surface area contributed by atoms with Crippen molar-refractivity contribution in [2.24, 2.45) is 0 Å². The normalized spacial score (nSPS) is 10.9. The number of hydrogen-bond acceptors (Lipinski definition) is 4. The fourth-order valence-electron chi connectivity index (χ4n) is 2.56. The molecule has 0 aliphatic carbocycles. The number of hydrogen-bond donors (Lipinski definition) is 3. The van der Waals surface area contributed by atoms with Crippen LogP contribution < -0.4 is 16.0 Å². The van der Waals surface area contributed by atoms with Crippen LogP contribution in [0.2, 0.25) is 5.02 Å². The first-order chi connectivity index (χ1) is 14.2. The fourth-order valence-corrected chi connectivity index (χ4v) is 3.41. The van der Waals surface area contributed by atoms with Gasteiger partial charge in [0.15, 0.2) is 9.84 Å². The molecule has 30 heavy (non-hydrogen) atoms. The second-order valence-corrected chi connectivity index (χ2v) is 8.81. The number of halogens is 1. The molecule has 0 heterocycles. The van der Waals surface area contributed by atoms with Crippen molar-refractivity contribution in [1.82, 2.24) is 0 Å². The van der Waals surface area contributed by atoms with Crippen LogP contribution in [-0.4, -0.2) is 26.6 Å². The molecule has 0 aliphatic rings. The van der Waals surface area contributed by atoms with Crippen LogP contribution in [0.25, 0.3) is 0 Å². The summed E-state index contributed by atoms with van der Waals surface area (Å²) in [6, 6.07) is 19.0. The number of carbonyl (C=O) groups excluding carboxylic acids is 2. The number of rotatable bonds is 5. The summed E-state index contributed by atoms with van der Waals surface area (Å²) in [5, 5.41) is 8.17. The Labute approximate surface area is 179 Å². The number of benzene rings is 3. The van der Waals surface area contributed by atoms with E-state index in [1.165, 1.54) is 18.2 Å². The number of nitrogens with one attached hydrogen (secondary N) is 3. The maximum Gasteiger partial charge on any atom is 0.323 e. The first-order valence-corrected chi connectivity index (χ1v) is 11.0. The molecule has 0 unspecified atom stereocenters. The van der Waals surface area contributed by atoms with Gasteiger partial charge in [0.2, 0.25) is 0 Å². The lowest BCUT2D eigenvalue weighted by Crippen LogP contribution is -2.19. The molecule has 9 heteroatoms. The molecule has 0 fully saturated rings. The number of carbonyl (C=O) groups is 2. The van der Waals surface area contributed by atoms with Crippen LogP contribution in [0.4, 0.5) is 21.9 Å². The van der Waals surface area contributed by atoms with Crippen molar-refractivity contribution in [3.05, 3.63) is 83.4 Å². The summed E-state index contributed by atoms with van der Waals surface area (Å²) >= 11 is 6.05. The maximum atomic E-state index is 12.5. The first kappa shape index (κ1) is 21.4. The van der Waals surface area contributed by atoms with Crippen molar-refractivity contribution in [2.45, 2.75) is 4.90 Å². The number of para-hydroxylation sites is 1. The fraction of sp³-hybridized carbons (Fsp3) is 0.0476. The summed E-state index contributed by atoms with van der Waals surface area (Å²) in [5.74, 6) is -0.548. The highest BCUT2D eigenvalue weighted by atomic mass is 35.5. The molecule has 0 atom stereocenters. The first-order valence-electron chi connectivity index (χ1n) is 8.76. The van der Waals surface area contributed by atoms with Crippen LogP contribution in [0.5, 0.6) is 0 Å². The zero-order chi connectivity index (χ0) is 21.7. The van der Waals surface area contributed by atoms with E-state index in [2.05, 4.69) is 16.0 Å². The Balaban J connectivity index is 1.66. The van der Waals surface area contributed by atoms with Gasteiger partial charge in [0.25, 0.3) is 5.91 Å². The van der Waals surface area contributed by atoms with E-state index in [-0.39, 0.29) is 15.5 Å². The minimum Gasteiger partial charge on any atom is -0.322 e. The second-order valence-electron chi connectivity index (χ2n) is 6.39. The Hall–Kier alpha value is -3.36. The smallest absolute Gasteiger partial charge is 0.322 e. The molecule has 0 bridgehead atoms. The quantitative estimate of drug-likeness (QED) is 0.534. The molecule has 0 saturated carbocycles. The average Bonchev–Trinajstić information content (AvgIpc) is 2.69. The molecule has 0 radical (unpaired) electrons. The van der Waals surface area contributed by atoms with Crippen LogP contribution in [0, 0.1) is 0 Å². The van der Waals surface area contributed by atoms with Gasteiger partial charge in [0.1, 0.15) is 0 Å². The molecule has 0 aromatic heterocycles. The third-order valence-electron chi connectivity index (χ3n) is 4.04. The molecule has 3 aromatic carbocycles. The highest BCUT2D eigenvalue weighted by Crippen LogP contribution is 2.22. The molecule has 154 valence electrons. The van der Waals surface area contributed by atoms with E-state index >= 15 is 0 Å². The molecule has 7 nitrogen and oxygen atoms in total. The minimum atomic E-state index is -3.47. The third-order valence-corrected chi connectivity index (χ3v) is 5.48. The largest absolute Gasteiger partial charge is 0.323 e. The summed E-state index contributed by atoms with van der Waals surface area (Å²) in [6.07, 6.45) is 1.05. The van der Waals surface area contributed by atoms with E-state index in [1.54, 1.807) is 36.4 Å². The Bertz CT molecular complexity index is 1180. The monoisotopic (exact) mass is 443 g/mol. The Morgan fingerprint density at radius 2 is 1.30 bits per heavy atom. The van der Waals surface area contributed by atoms with E-state index < -0.39 is 21.8 Å². The number of amides is 3. The third kappa shape index (κ3) is 5.59. The Morgan fingerprint density at radius 1 is 0.767 bits per heavy atom. The van der Waals surface area contributed by atoms with Gasteiger partial charge < -0.3 is 16.0 Å². The van der Waals surface area contributed by atoms with Gasteiger partial charge in [-0.2, -0.15) is 0 Å². The molecule has 3 aromatic rings. The molecule has 0 aliphatic heterocycles. The standard InChI is InChI=1S/C21H18ClN3O4S/c1-30(28,29)17-11-12-19(22)18(13-17)20(26)23-15-7-9-16(10-8-15)25-21(27)24-14-5-3-2-4-6-14/h2-13H,1H3,(H,23,26)(H2,24,25,27). The van der Waals surface area contributed by atoms with Crippen molar-refractivity contribution in [3.8, 4) is 0 Å². The van der Waals surface area contributed by atoms with Crippen LogP contribution in [0.3, 0.4) is 0 Å². The second kappa shape index (κ2) is 8.98. The van der Waals surface area contributed by atoms with E-state index in [9.17, 15) is 18.0 Å². The van der Waals surface area contributed by atoms with Crippen molar-refractivity contribution < 1.29 is 18.0 Å². The summed E-state index contributed by atoms with van der Waals surface area (Å²) in [4.78, 5) is 24.5. The number of sulfone groups is 1. The lowest BCUT2D eigenvalue weighted by atomic mass is 10.2. The lowest BCUT2D eigenvalue weighted by Gasteiger charge is -2.10. The van der Waals surface area contributed by atoms with E-state index in [0.29, 0.717) is 17.1 Å². The van der Waals surface area contributed by atoms with Gasteiger partial charge in [0, 0.05) is 23.3 Å². The Kier molecular flexibility index (Phi) is 6.39. The SMILES string of the molecule is CS(=O)(=O)c1ccc(Cl)c(C(=O)Nc2ccc(NC(=O)Nc3ccccc3)cc2)c1. The van der Waals surface area contributed by atoms with Crippen LogP contribution in [0.15, 0.2) is 77.7 Å². The topological polar surface area (TPSA) is 104 Å². The average molecular weight is 444 g/mol. The van der Waals surface area contributed by atoms with Gasteiger partial charge >= 0.3 is 6.03 Å². The van der Waals surface area contributed by atoms with E-state index in [4.69, 9.17) is 11.6 Å². The number of urea groups is 1. The highest BCUT2D eigenvalue weighted by Gasteiger charge is 2.16. The highest BCUT2D eigenvalue weighted by molar-refractivity contribution is 7.90. The predicted octanol–water partition coefficient (Wildman–Crippen LogP) is 4.64. The van der Waals surface area contributed by atoms with E-state index in [1.807, 2.05) is 18.2 Å². The molecular weight excluding hydrogens is 426 g/mol. The van der Waals surface area contributed by atoms with Crippen LogP contribution >= 0.6 is 11.6 Å². The van der Waals surface area contributed by atoms with Gasteiger partial charge in [-0.1, -0.05) is 29.8 Å². The molecule has 0 saturated heterocycles. The maximum absolute atomic E-state index is 12.5. The van der Waals surface area contributed by atoms with Gasteiger partial charge in [-0.15, -0.1) is 0 Å². The van der Waals surface area contributed by atoms with E-state index in [0.717, 1.165) is 6.26 Å². The number of anilines is 3. The minimum absolute atomic E-state index is 0.000950. The van der Waals surface area contributed by atoms with Crippen molar-refractivity contribution in [1.29, 1.82) is 0 Å². The lowest BCUT2D eigenvalue weighted by molar-refractivity contribution is 0.102.